The van der Waals surface area contributed by atoms with Crippen LogP contribution in [0, 0.1) is 0 Å². The number of methoxy groups -OCH3 is 1. The third-order valence-electron chi connectivity index (χ3n) is 2.50. The van der Waals surface area contributed by atoms with Crippen LogP contribution in [0.1, 0.15) is 0 Å². The van der Waals surface area contributed by atoms with Gasteiger partial charge >= 0.3 is 0 Å². The van der Waals surface area contributed by atoms with Crippen LogP contribution >= 0.6 is 11.6 Å². The van der Waals surface area contributed by atoms with Gasteiger partial charge in [0.25, 0.3) is 10.0 Å². The summed E-state index contributed by atoms with van der Waals surface area (Å²) in [6, 6.07) is 7.29. The molecule has 2 aromatic rings. The summed E-state index contributed by atoms with van der Waals surface area (Å²) < 4.78 is 31.8. The molecule has 0 unspecified atom stereocenters. The molecule has 3 N–H and O–H groups in total. The second-order valence-electron chi connectivity index (χ2n) is 3.84. The van der Waals surface area contributed by atoms with E-state index in [4.69, 9.17) is 22.1 Å². The van der Waals surface area contributed by atoms with Crippen molar-refractivity contribution in [2.75, 3.05) is 17.6 Å². The number of pyridine rings is 1. The van der Waals surface area contributed by atoms with E-state index < -0.39 is 10.0 Å². The number of hydrogen-bond donors (Lipinski definition) is 2. The van der Waals surface area contributed by atoms with E-state index in [-0.39, 0.29) is 21.5 Å². The molecule has 2 rings (SSSR count). The topological polar surface area (TPSA) is 94.3 Å². The number of rotatable bonds is 4. The van der Waals surface area contributed by atoms with E-state index in [1.54, 1.807) is 6.07 Å². The Labute approximate surface area is 121 Å². The average Bonchev–Trinajstić information content (AvgIpc) is 2.41. The summed E-state index contributed by atoms with van der Waals surface area (Å²) in [5, 5.41) is 0.207. The van der Waals surface area contributed by atoms with Crippen LogP contribution in [0.25, 0.3) is 0 Å². The molecule has 1 aromatic carbocycles. The molecule has 0 fully saturated rings. The largest absolute Gasteiger partial charge is 0.495 e. The lowest BCUT2D eigenvalue weighted by Gasteiger charge is -2.10. The maximum atomic E-state index is 12.2. The molecule has 0 aliphatic heterocycles. The van der Waals surface area contributed by atoms with E-state index in [1.165, 1.54) is 37.6 Å². The lowest BCUT2D eigenvalue weighted by molar-refractivity contribution is 0.415. The molecule has 20 heavy (non-hydrogen) atoms. The lowest BCUT2D eigenvalue weighted by atomic mass is 10.3. The smallest absolute Gasteiger partial charge is 0.263 e. The molecule has 1 heterocycles. The van der Waals surface area contributed by atoms with Crippen LogP contribution in [0.15, 0.2) is 41.4 Å². The van der Waals surface area contributed by atoms with Gasteiger partial charge in [-0.05, 0) is 24.3 Å². The number of nitrogen functional groups attached to an aromatic ring is 1. The second kappa shape index (κ2) is 5.56. The van der Waals surface area contributed by atoms with Crippen LogP contribution in [0.3, 0.4) is 0 Å². The second-order valence-corrected chi connectivity index (χ2v) is 5.93. The summed E-state index contributed by atoms with van der Waals surface area (Å²) in [6.07, 6.45) is 1.44. The van der Waals surface area contributed by atoms with Crippen LogP contribution in [-0.2, 0) is 10.0 Å². The Kier molecular flexibility index (Phi) is 4.01. The van der Waals surface area contributed by atoms with Gasteiger partial charge in [-0.2, -0.15) is 0 Å². The quantitative estimate of drug-likeness (QED) is 0.843. The molecular formula is C12H12ClN3O3S. The van der Waals surface area contributed by atoms with Crippen molar-refractivity contribution in [1.29, 1.82) is 0 Å². The zero-order valence-corrected chi connectivity index (χ0v) is 12.1. The van der Waals surface area contributed by atoms with E-state index in [1.807, 2.05) is 0 Å². The minimum absolute atomic E-state index is 0.00488. The fourth-order valence-corrected chi connectivity index (χ4v) is 2.77. The highest BCUT2D eigenvalue weighted by molar-refractivity contribution is 7.92. The van der Waals surface area contributed by atoms with E-state index >= 15 is 0 Å². The molecule has 0 bridgehead atoms. The van der Waals surface area contributed by atoms with E-state index in [2.05, 4.69) is 9.71 Å². The molecule has 0 aliphatic rings. The Bertz CT molecular complexity index is 734. The number of halogens is 1. The van der Waals surface area contributed by atoms with Crippen LogP contribution in [0.4, 0.5) is 11.5 Å². The molecular weight excluding hydrogens is 302 g/mol. The first kappa shape index (κ1) is 14.4. The first-order chi connectivity index (χ1) is 9.44. The number of aromatic nitrogens is 1. The molecule has 0 atom stereocenters. The van der Waals surface area contributed by atoms with Gasteiger partial charge in [-0.3, -0.25) is 4.72 Å². The Morgan fingerprint density at radius 1 is 1.35 bits per heavy atom. The van der Waals surface area contributed by atoms with Crippen molar-refractivity contribution in [3.63, 3.8) is 0 Å². The van der Waals surface area contributed by atoms with Gasteiger partial charge in [0, 0.05) is 12.3 Å². The summed E-state index contributed by atoms with van der Waals surface area (Å²) in [6.45, 7) is 0. The van der Waals surface area contributed by atoms with Gasteiger partial charge in [0.2, 0.25) is 0 Å². The van der Waals surface area contributed by atoms with E-state index in [0.29, 0.717) is 5.69 Å². The SMILES string of the molecule is COc1cc(S(=O)(=O)Nc2ncccc2Cl)ccc1N. The molecule has 1 aromatic heterocycles. The van der Waals surface area contributed by atoms with Gasteiger partial charge in [0.15, 0.2) is 5.82 Å². The summed E-state index contributed by atoms with van der Waals surface area (Å²) in [7, 11) is -2.41. The number of benzene rings is 1. The Morgan fingerprint density at radius 2 is 2.10 bits per heavy atom. The molecule has 106 valence electrons. The first-order valence-corrected chi connectivity index (χ1v) is 7.37. The fourth-order valence-electron chi connectivity index (χ4n) is 1.51. The maximum absolute atomic E-state index is 12.2. The van der Waals surface area contributed by atoms with Crippen molar-refractivity contribution in [2.45, 2.75) is 4.90 Å². The Morgan fingerprint density at radius 3 is 2.75 bits per heavy atom. The Hall–Kier alpha value is -1.99. The van der Waals surface area contributed by atoms with Crippen molar-refractivity contribution in [2.24, 2.45) is 0 Å². The van der Waals surface area contributed by atoms with E-state index in [0.717, 1.165) is 0 Å². The van der Waals surface area contributed by atoms with Gasteiger partial charge < -0.3 is 10.5 Å². The van der Waals surface area contributed by atoms with Gasteiger partial charge in [0.1, 0.15) is 5.75 Å². The van der Waals surface area contributed by atoms with Crippen molar-refractivity contribution in [3.05, 3.63) is 41.6 Å². The monoisotopic (exact) mass is 313 g/mol. The van der Waals surface area contributed by atoms with Crippen LogP contribution in [0.5, 0.6) is 5.75 Å². The highest BCUT2D eigenvalue weighted by Gasteiger charge is 2.18. The van der Waals surface area contributed by atoms with Gasteiger partial charge in [0.05, 0.1) is 22.7 Å². The molecule has 0 amide bonds. The number of ether oxygens (including phenoxy) is 1. The maximum Gasteiger partial charge on any atom is 0.263 e. The van der Waals surface area contributed by atoms with Gasteiger partial charge in [-0.25, -0.2) is 13.4 Å². The zero-order valence-electron chi connectivity index (χ0n) is 10.5. The molecule has 6 nitrogen and oxygen atoms in total. The number of hydrogen-bond acceptors (Lipinski definition) is 5. The summed E-state index contributed by atoms with van der Waals surface area (Å²) in [5.74, 6) is 0.338. The number of nitrogens with one attached hydrogen (secondary N) is 1. The van der Waals surface area contributed by atoms with E-state index in [9.17, 15) is 8.42 Å². The fraction of sp³-hybridized carbons (Fsp3) is 0.0833. The first-order valence-electron chi connectivity index (χ1n) is 5.51. The number of nitrogens with zero attached hydrogens (tertiary/aromatic N) is 1. The molecule has 0 radical (unpaired) electrons. The van der Waals surface area contributed by atoms with Gasteiger partial charge in [-0.15, -0.1) is 0 Å². The average molecular weight is 314 g/mol. The highest BCUT2D eigenvalue weighted by Crippen LogP contribution is 2.27. The predicted octanol–water partition coefficient (Wildman–Crippen LogP) is 2.13. The molecule has 0 saturated carbocycles. The van der Waals surface area contributed by atoms with Crippen LogP contribution in [0.2, 0.25) is 5.02 Å². The summed E-state index contributed by atoms with van der Waals surface area (Å²) in [4.78, 5) is 3.88. The number of nitrogens with two attached hydrogens (primary N) is 1. The van der Waals surface area contributed by atoms with Crippen LogP contribution in [-0.4, -0.2) is 20.5 Å². The minimum Gasteiger partial charge on any atom is -0.495 e. The van der Waals surface area contributed by atoms with Crippen LogP contribution < -0.4 is 15.2 Å². The summed E-state index contributed by atoms with van der Waals surface area (Å²) >= 11 is 5.87. The molecule has 0 saturated heterocycles. The zero-order chi connectivity index (χ0) is 14.8. The normalized spacial score (nSPS) is 11.1. The standard InChI is InChI=1S/C12H12ClN3O3S/c1-19-11-7-8(4-5-10(11)14)20(17,18)16-12-9(13)3-2-6-15-12/h2-7H,14H2,1H3,(H,15,16). The molecule has 0 aliphatic carbocycles. The van der Waals surface area contributed by atoms with Crippen molar-refractivity contribution < 1.29 is 13.2 Å². The minimum atomic E-state index is -3.82. The number of sulfonamides is 1. The molecule has 0 spiro atoms. The Balaban J connectivity index is 2.38. The highest BCUT2D eigenvalue weighted by atomic mass is 35.5. The van der Waals surface area contributed by atoms with Gasteiger partial charge in [-0.1, -0.05) is 11.6 Å². The third-order valence-corrected chi connectivity index (χ3v) is 4.15. The predicted molar refractivity (Wildman–Crippen MR) is 77.5 cm³/mol. The summed E-state index contributed by atoms with van der Waals surface area (Å²) in [5.41, 5.74) is 6.00. The third kappa shape index (κ3) is 2.94. The lowest BCUT2D eigenvalue weighted by Crippen LogP contribution is -2.14. The van der Waals surface area contributed by atoms with Crippen molar-refractivity contribution in [3.8, 4) is 5.75 Å². The number of anilines is 2. The van der Waals surface area contributed by atoms with Crippen molar-refractivity contribution >= 4 is 33.1 Å². The van der Waals surface area contributed by atoms with Crippen molar-refractivity contribution in [1.82, 2.24) is 4.98 Å². The molecule has 8 heteroatoms.